The number of carbonyl (C=O) groups is 4. The van der Waals surface area contributed by atoms with Crippen molar-refractivity contribution in [3.8, 4) is 0 Å². The Kier molecular flexibility index (Phi) is 11.6. The lowest BCUT2D eigenvalue weighted by Crippen LogP contribution is -2.39. The monoisotopic (exact) mass is 766 g/mol. The number of benzene rings is 2. The number of nitrogens with one attached hydrogen (secondary N) is 2. The van der Waals surface area contributed by atoms with Gasteiger partial charge in [-0.2, -0.15) is 10.2 Å². The van der Waals surface area contributed by atoms with Gasteiger partial charge in [0.05, 0.1) is 46.5 Å². The SMILES string of the molecule is CCOC(Cn1c(NC(=O)c2cc(C)nn2CC)nc2cc(C(N)=O)ccc21)[C@@H](Cn1c(NC(=O)c2cc(C)nn2CC)nc2cc(C(N)=O)ccc21)OCC. The van der Waals surface area contributed by atoms with Gasteiger partial charge in [-0.25, -0.2) is 9.97 Å². The molecule has 6 rings (SSSR count). The van der Waals surface area contributed by atoms with Crippen molar-refractivity contribution in [3.63, 3.8) is 0 Å². The number of rotatable bonds is 17. The molecule has 4 heterocycles. The Balaban J connectivity index is 1.41. The highest BCUT2D eigenvalue weighted by Crippen LogP contribution is 2.27. The maximum absolute atomic E-state index is 13.7. The standard InChI is InChI=1S/C38H46N12O6/c1-7-49-29(15-21(5)45-49)35(53)43-37-41-25-17-23(33(39)51)11-13-27(25)47(37)19-31(55-9-3)32(56-10-4)20-48-28-14-12-24(34(40)52)18-26(28)42-38(48)44-36(54)30-16-22(6)46-50(30)8-2/h11-18,31-32H,7-10,19-20H2,1-6H3,(H2,39,51)(H2,40,52)(H,41,43,53)(H,42,44,54)/t31-,32?/m1/s1. The lowest BCUT2D eigenvalue weighted by atomic mass is 10.1. The fourth-order valence-corrected chi connectivity index (χ4v) is 6.74. The molecule has 2 atom stereocenters. The lowest BCUT2D eigenvalue weighted by Gasteiger charge is -2.29. The van der Waals surface area contributed by atoms with E-state index in [2.05, 4.69) is 20.8 Å². The van der Waals surface area contributed by atoms with E-state index in [0.717, 1.165) is 0 Å². The highest BCUT2D eigenvalue weighted by Gasteiger charge is 2.29. The minimum Gasteiger partial charge on any atom is -0.374 e. The summed E-state index contributed by atoms with van der Waals surface area (Å²) in [5, 5.41) is 14.7. The molecule has 0 fully saturated rings. The predicted molar refractivity (Wildman–Crippen MR) is 209 cm³/mol. The van der Waals surface area contributed by atoms with E-state index in [-0.39, 0.29) is 36.1 Å². The van der Waals surface area contributed by atoms with Crippen LogP contribution in [0.15, 0.2) is 48.5 Å². The number of hydrogen-bond donors (Lipinski definition) is 4. The quantitative estimate of drug-likeness (QED) is 0.105. The third kappa shape index (κ3) is 8.01. The van der Waals surface area contributed by atoms with Crippen LogP contribution in [0.5, 0.6) is 0 Å². The summed E-state index contributed by atoms with van der Waals surface area (Å²) in [6.45, 7) is 13.0. The van der Waals surface area contributed by atoms with Crippen molar-refractivity contribution in [2.24, 2.45) is 11.5 Å². The number of nitrogens with zero attached hydrogens (tertiary/aromatic N) is 8. The Morgan fingerprint density at radius 3 is 1.38 bits per heavy atom. The average Bonchev–Trinajstić information content (AvgIpc) is 3.93. The highest BCUT2D eigenvalue weighted by molar-refractivity contribution is 6.04. The summed E-state index contributed by atoms with van der Waals surface area (Å²) in [6.07, 6.45) is -1.33. The number of ether oxygens (including phenoxy) is 2. The highest BCUT2D eigenvalue weighted by atomic mass is 16.5. The summed E-state index contributed by atoms with van der Waals surface area (Å²) in [4.78, 5) is 61.1. The smallest absolute Gasteiger partial charge is 0.276 e. The van der Waals surface area contributed by atoms with Crippen LogP contribution in [-0.4, -0.2) is 87.7 Å². The Labute approximate surface area is 322 Å². The van der Waals surface area contributed by atoms with Crippen molar-refractivity contribution < 1.29 is 28.7 Å². The zero-order valence-electron chi connectivity index (χ0n) is 32.2. The Morgan fingerprint density at radius 2 is 1.04 bits per heavy atom. The molecule has 0 radical (unpaired) electrons. The Bertz CT molecular complexity index is 2270. The number of primary amides is 2. The number of nitrogens with two attached hydrogens (primary N) is 2. The average molecular weight is 767 g/mol. The van der Waals surface area contributed by atoms with Gasteiger partial charge in [0.25, 0.3) is 11.8 Å². The van der Waals surface area contributed by atoms with Gasteiger partial charge in [0, 0.05) is 37.4 Å². The molecule has 0 saturated carbocycles. The van der Waals surface area contributed by atoms with Crippen molar-refractivity contribution in [3.05, 3.63) is 82.4 Å². The molecular formula is C38H46N12O6. The topological polar surface area (TPSA) is 234 Å². The first kappa shape index (κ1) is 39.3. The molecule has 4 aromatic heterocycles. The normalized spacial score (nSPS) is 12.6. The number of anilines is 2. The fourth-order valence-electron chi connectivity index (χ4n) is 6.74. The molecule has 0 saturated heterocycles. The largest absolute Gasteiger partial charge is 0.374 e. The van der Waals surface area contributed by atoms with Crippen LogP contribution in [0.25, 0.3) is 22.1 Å². The van der Waals surface area contributed by atoms with E-state index >= 15 is 0 Å². The maximum atomic E-state index is 13.7. The van der Waals surface area contributed by atoms with Gasteiger partial charge < -0.3 is 30.1 Å². The van der Waals surface area contributed by atoms with Crippen molar-refractivity contribution in [2.45, 2.75) is 79.9 Å². The van der Waals surface area contributed by atoms with Crippen molar-refractivity contribution >= 4 is 57.6 Å². The molecular weight excluding hydrogens is 720 g/mol. The second kappa shape index (κ2) is 16.5. The minimum atomic E-state index is -0.665. The number of hydrogen-bond acceptors (Lipinski definition) is 10. The number of fused-ring (bicyclic) bond motifs is 2. The van der Waals surface area contributed by atoms with Gasteiger partial charge in [-0.1, -0.05) is 0 Å². The summed E-state index contributed by atoms with van der Waals surface area (Å²) in [5.41, 5.74) is 15.9. The van der Waals surface area contributed by atoms with Gasteiger partial charge in [-0.05, 0) is 90.1 Å². The summed E-state index contributed by atoms with van der Waals surface area (Å²) in [5.74, 6) is -1.68. The molecule has 0 aliphatic rings. The van der Waals surface area contributed by atoms with Crippen LogP contribution in [0, 0.1) is 13.8 Å². The maximum Gasteiger partial charge on any atom is 0.276 e. The molecule has 0 bridgehead atoms. The van der Waals surface area contributed by atoms with E-state index < -0.39 is 35.8 Å². The molecule has 6 N–H and O–H groups in total. The summed E-state index contributed by atoms with van der Waals surface area (Å²) >= 11 is 0. The molecule has 0 aliphatic carbocycles. The number of carbonyl (C=O) groups excluding carboxylic acids is 4. The number of imidazole rings is 2. The second-order valence-corrected chi connectivity index (χ2v) is 13.1. The molecule has 1 unspecified atom stereocenters. The van der Waals surface area contributed by atoms with Gasteiger partial charge in [0.15, 0.2) is 0 Å². The van der Waals surface area contributed by atoms with Crippen molar-refractivity contribution in [1.29, 1.82) is 0 Å². The zero-order valence-corrected chi connectivity index (χ0v) is 32.2. The number of aryl methyl sites for hydroxylation is 4. The van der Waals surface area contributed by atoms with Gasteiger partial charge in [-0.3, -0.25) is 39.2 Å². The Hall–Kier alpha value is -6.40. The molecule has 0 spiro atoms. The first-order valence-electron chi connectivity index (χ1n) is 18.4. The molecule has 18 nitrogen and oxygen atoms in total. The van der Waals surface area contributed by atoms with Crippen molar-refractivity contribution in [2.75, 3.05) is 23.8 Å². The number of aromatic nitrogens is 8. The van der Waals surface area contributed by atoms with Gasteiger partial charge in [0.2, 0.25) is 23.7 Å². The molecule has 4 amide bonds. The van der Waals surface area contributed by atoms with Crippen molar-refractivity contribution in [1.82, 2.24) is 38.7 Å². The number of amides is 4. The van der Waals surface area contributed by atoms with E-state index in [1.165, 1.54) is 0 Å². The van der Waals surface area contributed by atoms with Gasteiger partial charge in [0.1, 0.15) is 23.6 Å². The van der Waals surface area contributed by atoms with E-state index in [0.29, 0.717) is 71.1 Å². The van der Waals surface area contributed by atoms with Crippen LogP contribution in [0.1, 0.15) is 80.8 Å². The zero-order chi connectivity index (χ0) is 40.3. The minimum absolute atomic E-state index is 0.141. The van der Waals surface area contributed by atoms with E-state index in [9.17, 15) is 19.2 Å². The Morgan fingerprint density at radius 1 is 0.643 bits per heavy atom. The molecule has 6 aromatic rings. The van der Waals surface area contributed by atoms with Crippen LogP contribution < -0.4 is 22.1 Å². The van der Waals surface area contributed by atoms with Gasteiger partial charge >= 0.3 is 0 Å². The third-order valence-corrected chi connectivity index (χ3v) is 9.29. The summed E-state index contributed by atoms with van der Waals surface area (Å²) < 4.78 is 19.6. The van der Waals surface area contributed by atoms with Crippen LogP contribution in [0.4, 0.5) is 11.9 Å². The molecule has 294 valence electrons. The predicted octanol–water partition coefficient (Wildman–Crippen LogP) is 3.65. The third-order valence-electron chi connectivity index (χ3n) is 9.29. The van der Waals surface area contributed by atoms with Crippen LogP contribution >= 0.6 is 0 Å². The lowest BCUT2D eigenvalue weighted by molar-refractivity contribution is -0.0788. The van der Waals surface area contributed by atoms with Crippen LogP contribution in [0.2, 0.25) is 0 Å². The van der Waals surface area contributed by atoms with Crippen LogP contribution in [-0.2, 0) is 35.7 Å². The first-order valence-corrected chi connectivity index (χ1v) is 18.4. The molecule has 56 heavy (non-hydrogen) atoms. The molecule has 0 aliphatic heterocycles. The fraction of sp³-hybridized carbons (Fsp3) is 0.368. The van der Waals surface area contributed by atoms with E-state index in [1.54, 1.807) is 67.0 Å². The summed E-state index contributed by atoms with van der Waals surface area (Å²) in [7, 11) is 0. The first-order chi connectivity index (χ1) is 26.8. The van der Waals surface area contributed by atoms with Crippen LogP contribution in [0.3, 0.4) is 0 Å². The van der Waals surface area contributed by atoms with E-state index in [4.69, 9.17) is 30.9 Å². The summed E-state index contributed by atoms with van der Waals surface area (Å²) in [6, 6.07) is 13.1. The van der Waals surface area contributed by atoms with Gasteiger partial charge in [-0.15, -0.1) is 0 Å². The molecule has 18 heteroatoms. The second-order valence-electron chi connectivity index (χ2n) is 13.1. The molecule has 2 aromatic carbocycles. The van der Waals surface area contributed by atoms with E-state index in [1.807, 2.05) is 41.5 Å².